The van der Waals surface area contributed by atoms with Crippen LogP contribution in [-0.4, -0.2) is 21.8 Å². The summed E-state index contributed by atoms with van der Waals surface area (Å²) in [6, 6.07) is 12.2. The number of aliphatic hydroxyl groups excluding tert-OH is 1. The molecule has 27 heavy (non-hydrogen) atoms. The van der Waals surface area contributed by atoms with Crippen molar-refractivity contribution in [3.8, 4) is 5.75 Å². The molecule has 2 aromatic heterocycles. The van der Waals surface area contributed by atoms with E-state index in [1.54, 1.807) is 18.9 Å². The van der Waals surface area contributed by atoms with Gasteiger partial charge in [-0.1, -0.05) is 31.7 Å². The van der Waals surface area contributed by atoms with Crippen LogP contribution in [0.4, 0.5) is 0 Å². The first-order chi connectivity index (χ1) is 13.0. The minimum absolute atomic E-state index is 0.0500. The largest absolute Gasteiger partial charge is 0.497 e. The van der Waals surface area contributed by atoms with Crippen molar-refractivity contribution in [2.45, 2.75) is 49.8 Å². The van der Waals surface area contributed by atoms with Gasteiger partial charge in [0.1, 0.15) is 5.75 Å². The van der Waals surface area contributed by atoms with E-state index in [4.69, 9.17) is 4.74 Å². The molecule has 2 heterocycles. The Hall–Kier alpha value is -2.24. The predicted octanol–water partition coefficient (Wildman–Crippen LogP) is 5.02. The number of hydrogen-bond donors (Lipinski definition) is 1. The molecule has 0 spiro atoms. The number of aliphatic hydroxyl groups is 1. The molecule has 0 unspecified atom stereocenters. The van der Waals surface area contributed by atoms with Crippen LogP contribution in [0.15, 0.2) is 58.7 Å². The van der Waals surface area contributed by atoms with Crippen LogP contribution >= 0.6 is 11.8 Å². The molecule has 0 saturated carbocycles. The normalized spacial score (nSPS) is 11.2. The van der Waals surface area contributed by atoms with E-state index in [9.17, 15) is 5.11 Å². The van der Waals surface area contributed by atoms with Gasteiger partial charge >= 0.3 is 0 Å². The first-order valence-electron chi connectivity index (χ1n) is 9.08. The Balaban J connectivity index is 2.10. The molecule has 4 nitrogen and oxygen atoms in total. The van der Waals surface area contributed by atoms with Crippen molar-refractivity contribution in [3.63, 3.8) is 0 Å². The summed E-state index contributed by atoms with van der Waals surface area (Å²) in [6.07, 6.45) is 3.64. The van der Waals surface area contributed by atoms with Gasteiger partial charge < -0.3 is 14.4 Å². The van der Waals surface area contributed by atoms with Gasteiger partial charge in [-0.3, -0.25) is 4.98 Å². The molecular weight excluding hydrogens is 356 g/mol. The average molecular weight is 383 g/mol. The number of aromatic nitrogens is 2. The van der Waals surface area contributed by atoms with Crippen molar-refractivity contribution >= 4 is 11.8 Å². The number of pyridine rings is 1. The molecule has 0 fully saturated rings. The van der Waals surface area contributed by atoms with Gasteiger partial charge in [0.05, 0.1) is 18.7 Å². The van der Waals surface area contributed by atoms with Gasteiger partial charge in [-0.25, -0.2) is 0 Å². The van der Waals surface area contributed by atoms with Gasteiger partial charge in [0.15, 0.2) is 0 Å². The SMILES string of the molecule is COc1cccc(Sc2c(C(C)C)c(CO)c(C)n2Cc2ccncc2)c1. The van der Waals surface area contributed by atoms with E-state index >= 15 is 0 Å². The number of benzene rings is 1. The first kappa shape index (κ1) is 19.5. The van der Waals surface area contributed by atoms with Crippen LogP contribution in [0.5, 0.6) is 5.75 Å². The van der Waals surface area contributed by atoms with Crippen molar-refractivity contribution in [1.29, 1.82) is 0 Å². The molecule has 0 atom stereocenters. The lowest BCUT2D eigenvalue weighted by Crippen LogP contribution is -2.04. The molecule has 0 amide bonds. The Morgan fingerprint density at radius 1 is 1.19 bits per heavy atom. The van der Waals surface area contributed by atoms with Gasteiger partial charge in [-0.2, -0.15) is 0 Å². The van der Waals surface area contributed by atoms with Crippen LogP contribution < -0.4 is 4.74 Å². The third kappa shape index (κ3) is 4.20. The van der Waals surface area contributed by atoms with Crippen LogP contribution in [0, 0.1) is 6.92 Å². The number of rotatable bonds is 7. The third-order valence-electron chi connectivity index (χ3n) is 4.72. The van der Waals surface area contributed by atoms with Crippen molar-refractivity contribution < 1.29 is 9.84 Å². The lowest BCUT2D eigenvalue weighted by atomic mass is 10.0. The van der Waals surface area contributed by atoms with E-state index in [1.165, 1.54) is 16.2 Å². The fourth-order valence-corrected chi connectivity index (χ4v) is 4.65. The van der Waals surface area contributed by atoms with Gasteiger partial charge in [-0.15, -0.1) is 0 Å². The first-order valence-corrected chi connectivity index (χ1v) is 9.90. The Kier molecular flexibility index (Phi) is 6.24. The second kappa shape index (κ2) is 8.63. The summed E-state index contributed by atoms with van der Waals surface area (Å²) in [7, 11) is 1.68. The number of ether oxygens (including phenoxy) is 1. The van der Waals surface area contributed by atoms with E-state index in [0.29, 0.717) is 5.92 Å². The zero-order chi connectivity index (χ0) is 19.4. The highest BCUT2D eigenvalue weighted by Crippen LogP contribution is 2.40. The summed E-state index contributed by atoms with van der Waals surface area (Å²) in [5.74, 6) is 1.16. The number of nitrogens with zero attached hydrogens (tertiary/aromatic N) is 2. The smallest absolute Gasteiger partial charge is 0.119 e. The maximum absolute atomic E-state index is 10.0. The maximum Gasteiger partial charge on any atom is 0.119 e. The predicted molar refractivity (Wildman–Crippen MR) is 110 cm³/mol. The standard InChI is InChI=1S/C22H26N2O2S/c1-15(2)21-20(14-25)16(3)24(13-17-8-10-23-11-9-17)22(21)27-19-7-5-6-18(12-19)26-4/h5-12,15,25H,13-14H2,1-4H3. The topological polar surface area (TPSA) is 47.3 Å². The second-order valence-electron chi connectivity index (χ2n) is 6.82. The van der Waals surface area contributed by atoms with Gasteiger partial charge in [0.2, 0.25) is 0 Å². The van der Waals surface area contributed by atoms with Gasteiger partial charge in [-0.05, 0) is 54.3 Å². The monoisotopic (exact) mass is 382 g/mol. The second-order valence-corrected chi connectivity index (χ2v) is 7.88. The molecule has 3 rings (SSSR count). The van der Waals surface area contributed by atoms with E-state index < -0.39 is 0 Å². The molecule has 142 valence electrons. The van der Waals surface area contributed by atoms with Crippen LogP contribution in [0.1, 0.15) is 42.1 Å². The molecule has 0 saturated heterocycles. The Bertz CT molecular complexity index is 904. The highest BCUT2D eigenvalue weighted by atomic mass is 32.2. The summed E-state index contributed by atoms with van der Waals surface area (Å²) in [4.78, 5) is 5.24. The Labute approximate surface area is 165 Å². The third-order valence-corrected chi connectivity index (χ3v) is 5.85. The molecule has 1 aromatic carbocycles. The lowest BCUT2D eigenvalue weighted by Gasteiger charge is -2.15. The molecule has 0 radical (unpaired) electrons. The summed E-state index contributed by atoms with van der Waals surface area (Å²) in [5, 5.41) is 11.2. The Morgan fingerprint density at radius 3 is 2.56 bits per heavy atom. The summed E-state index contributed by atoms with van der Waals surface area (Å²) in [6.45, 7) is 7.25. The quantitative estimate of drug-likeness (QED) is 0.624. The highest BCUT2D eigenvalue weighted by molar-refractivity contribution is 7.99. The summed E-state index contributed by atoms with van der Waals surface area (Å²) >= 11 is 1.72. The molecule has 3 aromatic rings. The fourth-order valence-electron chi connectivity index (χ4n) is 3.33. The van der Waals surface area contributed by atoms with E-state index in [1.807, 2.05) is 42.7 Å². The number of hydrogen-bond acceptors (Lipinski definition) is 4. The van der Waals surface area contributed by atoms with Crippen molar-refractivity contribution in [3.05, 3.63) is 71.2 Å². The Morgan fingerprint density at radius 2 is 1.93 bits per heavy atom. The van der Waals surface area contributed by atoms with Crippen LogP contribution in [0.2, 0.25) is 0 Å². The van der Waals surface area contributed by atoms with Gasteiger partial charge in [0.25, 0.3) is 0 Å². The fraction of sp³-hybridized carbons (Fsp3) is 0.318. The molecule has 0 aliphatic rings. The van der Waals surface area contributed by atoms with Crippen LogP contribution in [-0.2, 0) is 13.2 Å². The zero-order valence-corrected chi connectivity index (χ0v) is 17.1. The molecule has 0 aliphatic carbocycles. The summed E-state index contributed by atoms with van der Waals surface area (Å²) < 4.78 is 7.69. The minimum Gasteiger partial charge on any atom is -0.497 e. The average Bonchev–Trinajstić information content (AvgIpc) is 2.94. The minimum atomic E-state index is 0.0500. The van der Waals surface area contributed by atoms with Crippen molar-refractivity contribution in [2.75, 3.05) is 7.11 Å². The van der Waals surface area contributed by atoms with E-state index in [-0.39, 0.29) is 6.61 Å². The number of methoxy groups -OCH3 is 1. The summed E-state index contributed by atoms with van der Waals surface area (Å²) in [5.41, 5.74) is 4.56. The van der Waals surface area contributed by atoms with E-state index in [0.717, 1.165) is 28.4 Å². The highest BCUT2D eigenvalue weighted by Gasteiger charge is 2.23. The molecule has 0 bridgehead atoms. The van der Waals surface area contributed by atoms with Gasteiger partial charge in [0, 0.05) is 35.1 Å². The van der Waals surface area contributed by atoms with Crippen molar-refractivity contribution in [1.82, 2.24) is 9.55 Å². The lowest BCUT2D eigenvalue weighted by molar-refractivity contribution is 0.279. The maximum atomic E-state index is 10.0. The molecular formula is C22H26N2O2S. The molecule has 1 N–H and O–H groups in total. The van der Waals surface area contributed by atoms with E-state index in [2.05, 4.69) is 36.4 Å². The molecule has 5 heteroatoms. The zero-order valence-electron chi connectivity index (χ0n) is 16.3. The molecule has 0 aliphatic heterocycles. The van der Waals surface area contributed by atoms with Crippen molar-refractivity contribution in [2.24, 2.45) is 0 Å². The van der Waals surface area contributed by atoms with Crippen LogP contribution in [0.25, 0.3) is 0 Å². The van der Waals surface area contributed by atoms with Crippen LogP contribution in [0.3, 0.4) is 0 Å².